The number of nitrogens with zero attached hydrogens (tertiary/aromatic N) is 4. The lowest BCUT2D eigenvalue weighted by Gasteiger charge is -2.36. The van der Waals surface area contributed by atoms with Crippen molar-refractivity contribution in [2.75, 3.05) is 6.54 Å². The fraction of sp³-hybridized carbons (Fsp3) is 0.444. The first-order valence-electron chi connectivity index (χ1n) is 16.4. The van der Waals surface area contributed by atoms with E-state index in [4.69, 9.17) is 14.9 Å². The summed E-state index contributed by atoms with van der Waals surface area (Å²) in [5.41, 5.74) is 0.793. The molecule has 3 aromatic rings. The van der Waals surface area contributed by atoms with Crippen LogP contribution in [0.4, 0.5) is 4.79 Å². The van der Waals surface area contributed by atoms with Gasteiger partial charge in [0.15, 0.2) is 0 Å². The molecule has 5 unspecified atom stereocenters. The molecule has 3 aliphatic rings. The molecule has 0 spiro atoms. The van der Waals surface area contributed by atoms with Gasteiger partial charge >= 0.3 is 12.1 Å². The summed E-state index contributed by atoms with van der Waals surface area (Å²) in [4.78, 5) is 56.6. The highest BCUT2D eigenvalue weighted by Gasteiger charge is 2.61. The smallest absolute Gasteiger partial charge is 0.408 e. The molecule has 12 heteroatoms. The monoisotopic (exact) mass is 654 g/mol. The molecule has 48 heavy (non-hydrogen) atoms. The molecule has 6 rings (SSSR count). The second-order valence-corrected chi connectivity index (χ2v) is 14.1. The fourth-order valence-corrected chi connectivity index (χ4v) is 6.46. The third kappa shape index (κ3) is 6.43. The summed E-state index contributed by atoms with van der Waals surface area (Å²) < 4.78 is 5.52. The number of nitrogens with one attached hydrogen (secondary N) is 2. The molecule has 2 saturated carbocycles. The number of aromatic nitrogens is 3. The Morgan fingerprint density at radius 3 is 2.04 bits per heavy atom. The number of carboxylic acids is 1. The molecule has 3 fully saturated rings. The lowest BCUT2D eigenvalue weighted by Crippen LogP contribution is -2.59. The number of benzene rings is 2. The van der Waals surface area contributed by atoms with E-state index >= 15 is 0 Å². The minimum absolute atomic E-state index is 0.0605. The highest BCUT2D eigenvalue weighted by atomic mass is 16.6. The molecular formula is C36H42N6O6. The second-order valence-electron chi connectivity index (χ2n) is 14.1. The van der Waals surface area contributed by atoms with Gasteiger partial charge < -0.3 is 25.4 Å². The Kier molecular flexibility index (Phi) is 8.84. The standard InChI is InChI=1S/C36H42N6O6/c1-5-24-20-36(24,33(45)46)38-31(43)27-19-25(21-41(27)32(44)30(35(2,3)4)37-34(47)48-26-17-12-18-26)42-39-28(22-13-8-6-9-14-22)29(40-42)23-15-10-7-11-16-23/h5-11,13-16,24-27,30H,1,12,17-21H2,2-4H3,(H,37,47)(H,38,43)(H,45,46). The van der Waals surface area contributed by atoms with Crippen molar-refractivity contribution in [1.29, 1.82) is 0 Å². The predicted octanol–water partition coefficient (Wildman–Crippen LogP) is 4.59. The van der Waals surface area contributed by atoms with Gasteiger partial charge in [0.05, 0.1) is 6.04 Å². The zero-order chi connectivity index (χ0) is 34.2. The quantitative estimate of drug-likeness (QED) is 0.268. The van der Waals surface area contributed by atoms with Gasteiger partial charge in [-0.15, -0.1) is 6.58 Å². The number of hydrogen-bond donors (Lipinski definition) is 3. The average molecular weight is 655 g/mol. The number of rotatable bonds is 10. The van der Waals surface area contributed by atoms with E-state index < -0.39 is 58.9 Å². The number of hydrogen-bond acceptors (Lipinski definition) is 7. The zero-order valence-corrected chi connectivity index (χ0v) is 27.5. The molecule has 0 radical (unpaired) electrons. The first-order chi connectivity index (χ1) is 22.9. The molecule has 1 aliphatic heterocycles. The highest BCUT2D eigenvalue weighted by Crippen LogP contribution is 2.45. The first-order valence-corrected chi connectivity index (χ1v) is 16.4. The van der Waals surface area contributed by atoms with Crippen molar-refractivity contribution < 1.29 is 29.0 Å². The van der Waals surface area contributed by atoms with E-state index in [-0.39, 0.29) is 25.5 Å². The molecule has 5 atom stereocenters. The molecular weight excluding hydrogens is 612 g/mol. The van der Waals surface area contributed by atoms with Gasteiger partial charge in [-0.1, -0.05) is 87.5 Å². The second kappa shape index (κ2) is 12.9. The first kappa shape index (κ1) is 32.9. The number of carbonyl (C=O) groups is 4. The number of ether oxygens (including phenoxy) is 1. The summed E-state index contributed by atoms with van der Waals surface area (Å²) in [7, 11) is 0. The van der Waals surface area contributed by atoms with Crippen LogP contribution in [0, 0.1) is 11.3 Å². The summed E-state index contributed by atoms with van der Waals surface area (Å²) in [6.45, 7) is 9.26. The van der Waals surface area contributed by atoms with Crippen molar-refractivity contribution in [3.8, 4) is 22.5 Å². The minimum Gasteiger partial charge on any atom is -0.479 e. The van der Waals surface area contributed by atoms with E-state index in [0.29, 0.717) is 11.4 Å². The Morgan fingerprint density at radius 1 is 1.00 bits per heavy atom. The van der Waals surface area contributed by atoms with Crippen LogP contribution in [-0.2, 0) is 19.1 Å². The van der Waals surface area contributed by atoms with Crippen LogP contribution in [0.3, 0.4) is 0 Å². The van der Waals surface area contributed by atoms with Gasteiger partial charge in [-0.05, 0) is 31.1 Å². The topological polar surface area (TPSA) is 156 Å². The number of carboxylic acid groups (broad SMARTS) is 1. The molecule has 1 saturated heterocycles. The van der Waals surface area contributed by atoms with Crippen molar-refractivity contribution >= 4 is 23.9 Å². The summed E-state index contributed by atoms with van der Waals surface area (Å²) in [5, 5.41) is 25.3. The molecule has 2 aromatic carbocycles. The van der Waals surface area contributed by atoms with Crippen molar-refractivity contribution in [3.05, 3.63) is 73.3 Å². The van der Waals surface area contributed by atoms with Crippen LogP contribution >= 0.6 is 0 Å². The van der Waals surface area contributed by atoms with Crippen LogP contribution in [-0.4, -0.2) is 79.1 Å². The number of aliphatic carboxylic acids is 1. The van der Waals surface area contributed by atoms with Crippen molar-refractivity contribution in [2.45, 2.75) is 82.6 Å². The molecule has 252 valence electrons. The molecule has 0 bridgehead atoms. The molecule has 1 aromatic heterocycles. The summed E-state index contributed by atoms with van der Waals surface area (Å²) in [5.74, 6) is -2.66. The van der Waals surface area contributed by atoms with E-state index in [0.717, 1.165) is 30.4 Å². The van der Waals surface area contributed by atoms with Gasteiger partial charge in [-0.2, -0.15) is 15.0 Å². The number of amides is 3. The summed E-state index contributed by atoms with van der Waals surface area (Å²) in [6, 6.07) is 16.7. The van der Waals surface area contributed by atoms with Crippen LogP contribution in [0.2, 0.25) is 0 Å². The van der Waals surface area contributed by atoms with Gasteiger partial charge in [0.25, 0.3) is 0 Å². The van der Waals surface area contributed by atoms with E-state index in [1.54, 1.807) is 4.80 Å². The van der Waals surface area contributed by atoms with Crippen LogP contribution < -0.4 is 10.6 Å². The fourth-order valence-electron chi connectivity index (χ4n) is 6.46. The van der Waals surface area contributed by atoms with E-state index in [1.165, 1.54) is 11.0 Å². The highest BCUT2D eigenvalue weighted by molar-refractivity contribution is 5.96. The van der Waals surface area contributed by atoms with E-state index in [1.807, 2.05) is 81.4 Å². The third-order valence-electron chi connectivity index (χ3n) is 9.64. The van der Waals surface area contributed by atoms with Crippen LogP contribution in [0.5, 0.6) is 0 Å². The average Bonchev–Trinajstić information content (AvgIpc) is 3.35. The van der Waals surface area contributed by atoms with Crippen molar-refractivity contribution in [3.63, 3.8) is 0 Å². The number of carbonyl (C=O) groups excluding carboxylic acids is 3. The number of alkyl carbamates (subject to hydrolysis) is 1. The maximum Gasteiger partial charge on any atom is 0.408 e. The van der Waals surface area contributed by atoms with Crippen LogP contribution in [0.25, 0.3) is 22.5 Å². The van der Waals surface area contributed by atoms with Gasteiger partial charge in [0, 0.05) is 30.0 Å². The third-order valence-corrected chi connectivity index (χ3v) is 9.64. The lowest BCUT2D eigenvalue weighted by atomic mass is 9.85. The van der Waals surface area contributed by atoms with Crippen molar-refractivity contribution in [1.82, 2.24) is 30.5 Å². The Balaban J connectivity index is 1.34. The SMILES string of the molecule is C=CC1CC1(NC(=O)C1CC(n2nc(-c3ccccc3)c(-c3ccccc3)n2)CN1C(=O)C(NC(=O)OC1CCC1)C(C)(C)C)C(=O)O. The Bertz CT molecular complexity index is 1640. The minimum atomic E-state index is -1.48. The predicted molar refractivity (Wildman–Crippen MR) is 177 cm³/mol. The van der Waals surface area contributed by atoms with Gasteiger partial charge in [-0.3, -0.25) is 9.59 Å². The summed E-state index contributed by atoms with van der Waals surface area (Å²) in [6.07, 6.45) is 3.54. The normalized spacial score (nSPS) is 24.2. The Labute approximate surface area is 279 Å². The van der Waals surface area contributed by atoms with Gasteiger partial charge in [0.1, 0.15) is 35.1 Å². The molecule has 2 aliphatic carbocycles. The summed E-state index contributed by atoms with van der Waals surface area (Å²) >= 11 is 0. The van der Waals surface area contributed by atoms with Gasteiger partial charge in [0.2, 0.25) is 11.8 Å². The Hall–Kier alpha value is -5.00. The molecule has 3 amide bonds. The Morgan fingerprint density at radius 2 is 1.58 bits per heavy atom. The van der Waals surface area contributed by atoms with E-state index in [2.05, 4.69) is 17.2 Å². The van der Waals surface area contributed by atoms with Crippen LogP contribution in [0.1, 0.15) is 58.9 Å². The molecule has 3 N–H and O–H groups in total. The maximum absolute atomic E-state index is 14.4. The van der Waals surface area contributed by atoms with Crippen molar-refractivity contribution in [2.24, 2.45) is 11.3 Å². The van der Waals surface area contributed by atoms with E-state index in [9.17, 15) is 24.3 Å². The molecule has 2 heterocycles. The van der Waals surface area contributed by atoms with Crippen LogP contribution in [0.15, 0.2) is 73.3 Å². The van der Waals surface area contributed by atoms with Gasteiger partial charge in [-0.25, -0.2) is 9.59 Å². The number of likely N-dealkylation sites (tertiary alicyclic amines) is 1. The molecule has 12 nitrogen and oxygen atoms in total. The largest absolute Gasteiger partial charge is 0.479 e. The lowest BCUT2D eigenvalue weighted by molar-refractivity contribution is -0.146. The maximum atomic E-state index is 14.4. The zero-order valence-electron chi connectivity index (χ0n) is 27.5.